The molecule has 0 aliphatic heterocycles. The molecule has 1 aliphatic rings. The molecule has 1 saturated carbocycles. The van der Waals surface area contributed by atoms with Crippen LogP contribution in [-0.2, 0) is 5.41 Å². The number of benzene rings is 1. The van der Waals surface area contributed by atoms with E-state index in [0.717, 1.165) is 5.56 Å². The third-order valence-electron chi connectivity index (χ3n) is 3.84. The standard InChI is InChI=1S/C14H14N2/c1-11(2)14(8-13(14,9-15)10-16)12-6-4-3-5-7-12/h3-7,11H,8H2,1-2H3. The maximum atomic E-state index is 9.23. The predicted octanol–water partition coefficient (Wildman–Crippen LogP) is 3.02. The molecule has 0 spiro atoms. The van der Waals surface area contributed by atoms with Gasteiger partial charge in [0.25, 0.3) is 0 Å². The minimum absolute atomic E-state index is 0.266. The van der Waals surface area contributed by atoms with Crippen LogP contribution in [0.25, 0.3) is 0 Å². The van der Waals surface area contributed by atoms with Crippen LogP contribution >= 0.6 is 0 Å². The fourth-order valence-electron chi connectivity index (χ4n) is 2.79. The van der Waals surface area contributed by atoms with Crippen LogP contribution in [0.3, 0.4) is 0 Å². The fourth-order valence-corrected chi connectivity index (χ4v) is 2.79. The summed E-state index contributed by atoms with van der Waals surface area (Å²) in [6.45, 7) is 4.17. The number of nitriles is 2. The van der Waals surface area contributed by atoms with E-state index in [0.29, 0.717) is 12.3 Å². The van der Waals surface area contributed by atoms with Gasteiger partial charge in [-0.15, -0.1) is 0 Å². The molecule has 0 heterocycles. The van der Waals surface area contributed by atoms with Crippen LogP contribution < -0.4 is 0 Å². The second kappa shape index (κ2) is 3.35. The van der Waals surface area contributed by atoms with Gasteiger partial charge >= 0.3 is 0 Å². The summed E-state index contributed by atoms with van der Waals surface area (Å²) in [4.78, 5) is 0. The van der Waals surface area contributed by atoms with Crippen molar-refractivity contribution in [1.82, 2.24) is 0 Å². The van der Waals surface area contributed by atoms with E-state index in [1.165, 1.54) is 0 Å². The summed E-state index contributed by atoms with van der Waals surface area (Å²) in [6, 6.07) is 14.4. The summed E-state index contributed by atoms with van der Waals surface area (Å²) in [5.41, 5.74) is 0.0356. The zero-order valence-corrected chi connectivity index (χ0v) is 9.57. The highest BCUT2D eigenvalue weighted by Gasteiger charge is 2.71. The molecule has 1 atom stereocenters. The lowest BCUT2D eigenvalue weighted by atomic mass is 9.78. The van der Waals surface area contributed by atoms with Crippen molar-refractivity contribution in [2.24, 2.45) is 11.3 Å². The molecule has 2 rings (SSSR count). The lowest BCUT2D eigenvalue weighted by Gasteiger charge is -2.22. The molecule has 0 amide bonds. The van der Waals surface area contributed by atoms with E-state index in [-0.39, 0.29) is 5.41 Å². The molecule has 2 nitrogen and oxygen atoms in total. The van der Waals surface area contributed by atoms with Crippen molar-refractivity contribution >= 4 is 0 Å². The molecule has 1 aromatic carbocycles. The smallest absolute Gasteiger partial charge is 0.154 e. The van der Waals surface area contributed by atoms with Crippen LogP contribution in [0, 0.1) is 34.0 Å². The Bertz CT molecular complexity index is 462. The second-order valence-electron chi connectivity index (χ2n) is 4.80. The molecule has 0 saturated heterocycles. The first-order valence-corrected chi connectivity index (χ1v) is 5.51. The van der Waals surface area contributed by atoms with Gasteiger partial charge in [0, 0.05) is 5.41 Å². The minimum atomic E-state index is -0.817. The quantitative estimate of drug-likeness (QED) is 0.753. The van der Waals surface area contributed by atoms with Crippen LogP contribution in [0.5, 0.6) is 0 Å². The Labute approximate surface area is 96.1 Å². The third-order valence-corrected chi connectivity index (χ3v) is 3.84. The van der Waals surface area contributed by atoms with E-state index in [1.54, 1.807) is 0 Å². The van der Waals surface area contributed by atoms with Crippen LogP contribution in [-0.4, -0.2) is 0 Å². The van der Waals surface area contributed by atoms with Crippen molar-refractivity contribution in [3.8, 4) is 12.1 Å². The maximum absolute atomic E-state index is 9.23. The van der Waals surface area contributed by atoms with Crippen molar-refractivity contribution in [1.29, 1.82) is 10.5 Å². The highest BCUT2D eigenvalue weighted by molar-refractivity contribution is 5.49. The minimum Gasteiger partial charge on any atom is -0.197 e. The Morgan fingerprint density at radius 2 is 1.69 bits per heavy atom. The number of hydrogen-bond donors (Lipinski definition) is 0. The lowest BCUT2D eigenvalue weighted by Crippen LogP contribution is -2.22. The van der Waals surface area contributed by atoms with Crippen LogP contribution in [0.15, 0.2) is 30.3 Å². The molecule has 2 heteroatoms. The number of nitrogens with zero attached hydrogens (tertiary/aromatic N) is 2. The van der Waals surface area contributed by atoms with E-state index < -0.39 is 5.41 Å². The van der Waals surface area contributed by atoms with E-state index in [2.05, 4.69) is 26.0 Å². The highest BCUT2D eigenvalue weighted by Crippen LogP contribution is 2.67. The normalized spacial score (nSPS) is 25.8. The topological polar surface area (TPSA) is 47.6 Å². The molecule has 0 aromatic heterocycles. The monoisotopic (exact) mass is 210 g/mol. The van der Waals surface area contributed by atoms with Gasteiger partial charge in [-0.3, -0.25) is 0 Å². The van der Waals surface area contributed by atoms with E-state index >= 15 is 0 Å². The molecule has 1 fully saturated rings. The first-order chi connectivity index (χ1) is 7.63. The molecule has 1 aromatic rings. The summed E-state index contributed by atoms with van der Waals surface area (Å²) in [7, 11) is 0. The Morgan fingerprint density at radius 3 is 2.06 bits per heavy atom. The molecule has 80 valence electrons. The van der Waals surface area contributed by atoms with E-state index in [9.17, 15) is 10.5 Å². The Balaban J connectivity index is 2.53. The van der Waals surface area contributed by atoms with Gasteiger partial charge in [-0.2, -0.15) is 10.5 Å². The molecule has 0 N–H and O–H groups in total. The van der Waals surface area contributed by atoms with Crippen molar-refractivity contribution in [2.45, 2.75) is 25.7 Å². The molecule has 0 radical (unpaired) electrons. The Kier molecular flexibility index (Phi) is 2.25. The Morgan fingerprint density at radius 1 is 1.12 bits per heavy atom. The fraction of sp³-hybridized carbons (Fsp3) is 0.429. The van der Waals surface area contributed by atoms with Crippen LogP contribution in [0.4, 0.5) is 0 Å². The summed E-state index contributed by atoms with van der Waals surface area (Å²) < 4.78 is 0. The Hall–Kier alpha value is -1.80. The van der Waals surface area contributed by atoms with Crippen molar-refractivity contribution < 1.29 is 0 Å². The number of rotatable bonds is 2. The number of hydrogen-bond acceptors (Lipinski definition) is 2. The SMILES string of the molecule is CC(C)C1(c2ccccc2)CC1(C#N)C#N. The van der Waals surface area contributed by atoms with Crippen LogP contribution in [0.2, 0.25) is 0 Å². The molecule has 0 bridgehead atoms. The van der Waals surface area contributed by atoms with Gasteiger partial charge in [0.05, 0.1) is 12.1 Å². The molecule has 16 heavy (non-hydrogen) atoms. The highest BCUT2D eigenvalue weighted by atomic mass is 14.7. The van der Waals surface area contributed by atoms with E-state index in [1.807, 2.05) is 30.3 Å². The summed E-state index contributed by atoms with van der Waals surface area (Å²) in [5.74, 6) is 0.300. The van der Waals surface area contributed by atoms with Gasteiger partial charge in [0.2, 0.25) is 0 Å². The average molecular weight is 210 g/mol. The summed E-state index contributed by atoms with van der Waals surface area (Å²) in [6.07, 6.45) is 0.661. The van der Waals surface area contributed by atoms with Crippen molar-refractivity contribution in [3.05, 3.63) is 35.9 Å². The van der Waals surface area contributed by atoms with E-state index in [4.69, 9.17) is 0 Å². The average Bonchev–Trinajstić information content (AvgIpc) is 3.02. The van der Waals surface area contributed by atoms with Crippen LogP contribution in [0.1, 0.15) is 25.8 Å². The predicted molar refractivity (Wildman–Crippen MR) is 61.2 cm³/mol. The van der Waals surface area contributed by atoms with Gasteiger partial charge in [-0.25, -0.2) is 0 Å². The van der Waals surface area contributed by atoms with Gasteiger partial charge < -0.3 is 0 Å². The lowest BCUT2D eigenvalue weighted by molar-refractivity contribution is 0.436. The first kappa shape index (κ1) is 10.7. The van der Waals surface area contributed by atoms with Gasteiger partial charge in [0.1, 0.15) is 0 Å². The second-order valence-corrected chi connectivity index (χ2v) is 4.80. The van der Waals surface area contributed by atoms with Gasteiger partial charge in [-0.1, -0.05) is 44.2 Å². The zero-order chi connectivity index (χ0) is 11.8. The largest absolute Gasteiger partial charge is 0.197 e. The van der Waals surface area contributed by atoms with Crippen molar-refractivity contribution in [3.63, 3.8) is 0 Å². The third kappa shape index (κ3) is 1.11. The molecular weight excluding hydrogens is 196 g/mol. The molecular formula is C14H14N2. The molecule has 1 aliphatic carbocycles. The zero-order valence-electron chi connectivity index (χ0n) is 9.57. The van der Waals surface area contributed by atoms with Crippen molar-refractivity contribution in [2.75, 3.05) is 0 Å². The molecule has 1 unspecified atom stereocenters. The summed E-state index contributed by atoms with van der Waals surface area (Å²) in [5, 5.41) is 18.5. The summed E-state index contributed by atoms with van der Waals surface area (Å²) >= 11 is 0. The van der Waals surface area contributed by atoms with Gasteiger partial charge in [0.15, 0.2) is 5.41 Å². The maximum Gasteiger partial charge on any atom is 0.154 e. The van der Waals surface area contributed by atoms with Gasteiger partial charge in [-0.05, 0) is 17.9 Å². The first-order valence-electron chi connectivity index (χ1n) is 5.51.